The number of aryl methyl sites for hydroxylation is 1. The van der Waals surface area contributed by atoms with Crippen molar-refractivity contribution in [3.63, 3.8) is 0 Å². The van der Waals surface area contributed by atoms with E-state index < -0.39 is 6.04 Å². The average molecular weight is 382 g/mol. The summed E-state index contributed by atoms with van der Waals surface area (Å²) in [7, 11) is 3.46. The van der Waals surface area contributed by atoms with E-state index >= 15 is 0 Å². The number of nitrogens with one attached hydrogen (secondary N) is 2. The molecule has 8 nitrogen and oxygen atoms in total. The number of amides is 2. The van der Waals surface area contributed by atoms with Crippen LogP contribution in [0, 0.1) is 0 Å². The molecule has 0 fully saturated rings. The fourth-order valence-corrected chi connectivity index (χ4v) is 2.79. The highest BCUT2D eigenvalue weighted by Gasteiger charge is 2.21. The Morgan fingerprint density at radius 1 is 1.29 bits per heavy atom. The molecule has 0 spiro atoms. The number of rotatable bonds is 8. The minimum atomic E-state index is -0.441. The normalized spacial score (nSPS) is 11.6. The molecule has 3 aromatic rings. The molecule has 0 bridgehead atoms. The van der Waals surface area contributed by atoms with Crippen LogP contribution < -0.4 is 15.4 Å². The van der Waals surface area contributed by atoms with Crippen LogP contribution in [0.5, 0.6) is 5.75 Å². The van der Waals surface area contributed by atoms with Gasteiger partial charge in [-0.05, 0) is 29.8 Å². The third-order valence-corrected chi connectivity index (χ3v) is 4.23. The second-order valence-electron chi connectivity index (χ2n) is 6.16. The molecule has 146 valence electrons. The lowest BCUT2D eigenvalue weighted by molar-refractivity contribution is -0.121. The molecular formula is C20H22N4O4. The second kappa shape index (κ2) is 8.90. The maximum absolute atomic E-state index is 12.5. The molecule has 2 heterocycles. The fourth-order valence-electron chi connectivity index (χ4n) is 2.79. The monoisotopic (exact) mass is 382 g/mol. The van der Waals surface area contributed by atoms with Crippen molar-refractivity contribution in [2.45, 2.75) is 12.5 Å². The van der Waals surface area contributed by atoms with Crippen LogP contribution >= 0.6 is 0 Å². The zero-order valence-electron chi connectivity index (χ0n) is 15.7. The lowest BCUT2D eigenvalue weighted by atomic mass is 10.1. The Balaban J connectivity index is 1.66. The average Bonchev–Trinajstić information content (AvgIpc) is 3.38. The lowest BCUT2D eigenvalue weighted by Crippen LogP contribution is -2.34. The molecule has 28 heavy (non-hydrogen) atoms. The van der Waals surface area contributed by atoms with Gasteiger partial charge < -0.3 is 24.4 Å². The van der Waals surface area contributed by atoms with E-state index in [2.05, 4.69) is 15.6 Å². The van der Waals surface area contributed by atoms with Crippen molar-refractivity contribution >= 4 is 11.8 Å². The highest BCUT2D eigenvalue weighted by Crippen LogP contribution is 2.24. The van der Waals surface area contributed by atoms with Crippen molar-refractivity contribution < 1.29 is 18.7 Å². The molecule has 0 aliphatic carbocycles. The molecule has 0 unspecified atom stereocenters. The van der Waals surface area contributed by atoms with Crippen LogP contribution in [0.2, 0.25) is 0 Å². The van der Waals surface area contributed by atoms with E-state index in [4.69, 9.17) is 9.15 Å². The lowest BCUT2D eigenvalue weighted by Gasteiger charge is -2.20. The summed E-state index contributed by atoms with van der Waals surface area (Å²) in [6, 6.07) is 10.2. The van der Waals surface area contributed by atoms with E-state index in [0.717, 1.165) is 5.56 Å². The summed E-state index contributed by atoms with van der Waals surface area (Å²) in [5.74, 6) is 1.03. The Labute approximate surface area is 162 Å². The highest BCUT2D eigenvalue weighted by atomic mass is 16.5. The van der Waals surface area contributed by atoms with Crippen molar-refractivity contribution in [1.82, 2.24) is 20.2 Å². The summed E-state index contributed by atoms with van der Waals surface area (Å²) in [5, 5.41) is 5.64. The first kappa shape index (κ1) is 19.2. The number of hydrogen-bond acceptors (Lipinski definition) is 5. The van der Waals surface area contributed by atoms with Gasteiger partial charge in [-0.25, -0.2) is 4.98 Å². The molecule has 1 aromatic carbocycles. The zero-order chi connectivity index (χ0) is 19.9. The summed E-state index contributed by atoms with van der Waals surface area (Å²) in [4.78, 5) is 28.7. The molecule has 1 atom stereocenters. The van der Waals surface area contributed by atoms with E-state index in [1.807, 2.05) is 42.1 Å². The maximum atomic E-state index is 12.5. The summed E-state index contributed by atoms with van der Waals surface area (Å²) >= 11 is 0. The summed E-state index contributed by atoms with van der Waals surface area (Å²) in [5.41, 5.74) is 0.849. The van der Waals surface area contributed by atoms with Crippen LogP contribution in [0.25, 0.3) is 0 Å². The van der Waals surface area contributed by atoms with Crippen LogP contribution in [0.4, 0.5) is 0 Å². The number of methoxy groups -OCH3 is 1. The van der Waals surface area contributed by atoms with Crippen molar-refractivity contribution in [2.24, 2.45) is 7.05 Å². The molecule has 2 amide bonds. The zero-order valence-corrected chi connectivity index (χ0v) is 15.7. The molecule has 0 radical (unpaired) electrons. The number of furan rings is 1. The van der Waals surface area contributed by atoms with Gasteiger partial charge in [-0.2, -0.15) is 0 Å². The minimum Gasteiger partial charge on any atom is -0.497 e. The Bertz CT molecular complexity index is 933. The van der Waals surface area contributed by atoms with Crippen LogP contribution in [-0.2, 0) is 11.8 Å². The first-order chi connectivity index (χ1) is 13.6. The Morgan fingerprint density at radius 2 is 2.14 bits per heavy atom. The molecule has 0 aliphatic heterocycles. The first-order valence-electron chi connectivity index (χ1n) is 8.80. The summed E-state index contributed by atoms with van der Waals surface area (Å²) < 4.78 is 12.2. The first-order valence-corrected chi connectivity index (χ1v) is 8.80. The molecule has 0 saturated carbocycles. The quantitative estimate of drug-likeness (QED) is 0.621. The standard InChI is InChI=1S/C20H22N4O4/c1-24-11-10-21-19(24)18(14-5-3-6-15(13-14)27-2)23-17(25)8-9-22-20(26)16-7-4-12-28-16/h3-7,10-13,18H,8-9H2,1-2H3,(H,22,26)(H,23,25)/t18-/m1/s1. The Morgan fingerprint density at radius 3 is 2.82 bits per heavy atom. The van der Waals surface area contributed by atoms with Crippen molar-refractivity contribution in [3.05, 3.63) is 72.2 Å². The minimum absolute atomic E-state index is 0.122. The number of aromatic nitrogens is 2. The maximum Gasteiger partial charge on any atom is 0.286 e. The number of carbonyl (C=O) groups is 2. The molecule has 2 aromatic heterocycles. The van der Waals surface area contributed by atoms with E-state index in [1.54, 1.807) is 25.4 Å². The van der Waals surface area contributed by atoms with E-state index in [9.17, 15) is 9.59 Å². The molecule has 2 N–H and O–H groups in total. The fraction of sp³-hybridized carbons (Fsp3) is 0.250. The van der Waals surface area contributed by atoms with Gasteiger partial charge in [0.25, 0.3) is 5.91 Å². The van der Waals surface area contributed by atoms with Crippen molar-refractivity contribution in [2.75, 3.05) is 13.7 Å². The number of ether oxygens (including phenoxy) is 1. The van der Waals surface area contributed by atoms with Gasteiger partial charge in [0.1, 0.15) is 17.6 Å². The van der Waals surface area contributed by atoms with Crippen LogP contribution in [0.15, 0.2) is 59.5 Å². The smallest absolute Gasteiger partial charge is 0.286 e. The molecule has 8 heteroatoms. The van der Waals surface area contributed by atoms with Gasteiger partial charge in [0, 0.05) is 32.4 Å². The van der Waals surface area contributed by atoms with E-state index in [0.29, 0.717) is 11.6 Å². The molecule has 0 aliphatic rings. The largest absolute Gasteiger partial charge is 0.497 e. The van der Waals surface area contributed by atoms with Gasteiger partial charge in [-0.3, -0.25) is 9.59 Å². The van der Waals surface area contributed by atoms with Crippen LogP contribution in [0.3, 0.4) is 0 Å². The predicted molar refractivity (Wildman–Crippen MR) is 102 cm³/mol. The number of hydrogen-bond donors (Lipinski definition) is 2. The number of imidazole rings is 1. The van der Waals surface area contributed by atoms with Gasteiger partial charge >= 0.3 is 0 Å². The summed E-state index contributed by atoms with van der Waals surface area (Å²) in [6.07, 6.45) is 5.04. The van der Waals surface area contributed by atoms with Gasteiger partial charge in [-0.15, -0.1) is 0 Å². The highest BCUT2D eigenvalue weighted by molar-refractivity contribution is 5.91. The number of benzene rings is 1. The third kappa shape index (κ3) is 4.59. The molecule has 3 rings (SSSR count). The molecular weight excluding hydrogens is 360 g/mol. The number of nitrogens with zero attached hydrogens (tertiary/aromatic N) is 2. The Hall–Kier alpha value is -3.55. The Kier molecular flexibility index (Phi) is 6.11. The van der Waals surface area contributed by atoms with Crippen molar-refractivity contribution in [1.29, 1.82) is 0 Å². The van der Waals surface area contributed by atoms with Gasteiger partial charge in [0.15, 0.2) is 5.76 Å². The van der Waals surface area contributed by atoms with E-state index in [1.165, 1.54) is 6.26 Å². The predicted octanol–water partition coefficient (Wildman–Crippen LogP) is 2.05. The SMILES string of the molecule is COc1cccc([C@@H](NC(=O)CCNC(=O)c2ccco2)c2nccn2C)c1. The number of carbonyl (C=O) groups excluding carboxylic acids is 2. The van der Waals surface area contributed by atoms with Gasteiger partial charge in [-0.1, -0.05) is 12.1 Å². The van der Waals surface area contributed by atoms with Gasteiger partial charge in [0.05, 0.1) is 13.4 Å². The molecule has 0 saturated heterocycles. The van der Waals surface area contributed by atoms with Crippen LogP contribution in [0.1, 0.15) is 34.4 Å². The van der Waals surface area contributed by atoms with E-state index in [-0.39, 0.29) is 30.5 Å². The van der Waals surface area contributed by atoms with Crippen molar-refractivity contribution in [3.8, 4) is 5.75 Å². The topological polar surface area (TPSA) is 98.4 Å². The van der Waals surface area contributed by atoms with Gasteiger partial charge in [0.2, 0.25) is 5.91 Å². The second-order valence-corrected chi connectivity index (χ2v) is 6.16. The summed E-state index contributed by atoms with van der Waals surface area (Å²) in [6.45, 7) is 0.191. The third-order valence-electron chi connectivity index (χ3n) is 4.23. The van der Waals surface area contributed by atoms with Crippen LogP contribution in [-0.4, -0.2) is 35.0 Å².